The van der Waals surface area contributed by atoms with Gasteiger partial charge in [0, 0.05) is 30.3 Å². The SMILES string of the molecule is Cc1nn(C)cc1C(=O)Nc1csc(C23COC(C)CC2CSC(N)=N3)n1. The smallest absolute Gasteiger partial charge is 0.260 e. The Labute approximate surface area is 165 Å². The summed E-state index contributed by atoms with van der Waals surface area (Å²) in [7, 11) is 1.79. The Bertz CT molecular complexity index is 907. The van der Waals surface area contributed by atoms with E-state index in [0.717, 1.165) is 17.2 Å². The van der Waals surface area contributed by atoms with Crippen LogP contribution in [0.1, 0.15) is 34.4 Å². The topological polar surface area (TPSA) is 107 Å². The van der Waals surface area contributed by atoms with Crippen LogP contribution in [0.3, 0.4) is 0 Å². The Balaban J connectivity index is 1.60. The average molecular weight is 407 g/mol. The molecule has 1 fully saturated rings. The van der Waals surface area contributed by atoms with E-state index in [-0.39, 0.29) is 12.0 Å². The number of hydrogen-bond donors (Lipinski definition) is 2. The maximum Gasteiger partial charge on any atom is 0.260 e. The second-order valence-corrected chi connectivity index (χ2v) is 8.93. The second-order valence-electron chi connectivity index (χ2n) is 7.03. The fourth-order valence-corrected chi connectivity index (χ4v) is 5.59. The summed E-state index contributed by atoms with van der Waals surface area (Å²) in [5, 5.41) is 10.3. The maximum absolute atomic E-state index is 12.5. The van der Waals surface area contributed by atoms with Crippen LogP contribution in [0.15, 0.2) is 16.6 Å². The van der Waals surface area contributed by atoms with Crippen molar-refractivity contribution < 1.29 is 9.53 Å². The van der Waals surface area contributed by atoms with Crippen molar-refractivity contribution in [2.75, 3.05) is 17.7 Å². The molecule has 4 heterocycles. The fraction of sp³-hybridized carbons (Fsp3) is 0.529. The minimum atomic E-state index is -0.556. The van der Waals surface area contributed by atoms with Gasteiger partial charge in [0.25, 0.3) is 5.91 Å². The Morgan fingerprint density at radius 3 is 3.07 bits per heavy atom. The summed E-state index contributed by atoms with van der Waals surface area (Å²) >= 11 is 3.07. The first kappa shape index (κ1) is 18.5. The molecule has 1 saturated heterocycles. The average Bonchev–Trinajstić information content (AvgIpc) is 3.21. The molecule has 3 atom stereocenters. The summed E-state index contributed by atoms with van der Waals surface area (Å²) in [6.45, 7) is 4.35. The molecule has 8 nitrogen and oxygen atoms in total. The molecule has 3 unspecified atom stereocenters. The van der Waals surface area contributed by atoms with Crippen LogP contribution < -0.4 is 11.1 Å². The van der Waals surface area contributed by atoms with Gasteiger partial charge in [0.15, 0.2) is 5.17 Å². The highest BCUT2D eigenvalue weighted by Gasteiger charge is 2.49. The van der Waals surface area contributed by atoms with Crippen LogP contribution in [0, 0.1) is 12.8 Å². The van der Waals surface area contributed by atoms with E-state index in [1.807, 2.05) is 12.3 Å². The van der Waals surface area contributed by atoms with Crippen LogP contribution in [0.2, 0.25) is 0 Å². The predicted octanol–water partition coefficient (Wildman–Crippen LogP) is 2.12. The lowest BCUT2D eigenvalue weighted by Crippen LogP contribution is -2.49. The molecule has 1 amide bonds. The fourth-order valence-electron chi connectivity index (χ4n) is 3.62. The zero-order chi connectivity index (χ0) is 19.2. The number of aryl methyl sites for hydroxylation is 2. The number of carbonyl (C=O) groups excluding carboxylic acids is 1. The van der Waals surface area contributed by atoms with Crippen molar-refractivity contribution in [3.63, 3.8) is 0 Å². The van der Waals surface area contributed by atoms with Crippen molar-refractivity contribution in [2.45, 2.75) is 31.9 Å². The van der Waals surface area contributed by atoms with Crippen LogP contribution >= 0.6 is 23.1 Å². The summed E-state index contributed by atoms with van der Waals surface area (Å²) in [5.41, 5.74) is 6.70. The molecule has 2 aromatic rings. The van der Waals surface area contributed by atoms with Crippen LogP contribution in [0.25, 0.3) is 0 Å². The van der Waals surface area contributed by atoms with E-state index in [1.54, 1.807) is 29.7 Å². The first-order valence-electron chi connectivity index (χ1n) is 8.74. The number of amides is 1. The summed E-state index contributed by atoms with van der Waals surface area (Å²) in [6, 6.07) is 0. The zero-order valence-electron chi connectivity index (χ0n) is 15.4. The lowest BCUT2D eigenvalue weighted by Gasteiger charge is -2.44. The number of carbonyl (C=O) groups is 1. The van der Waals surface area contributed by atoms with E-state index in [2.05, 4.69) is 22.3 Å². The molecule has 2 aliphatic rings. The number of thioether (sulfide) groups is 1. The lowest BCUT2D eigenvalue weighted by molar-refractivity contribution is -0.0466. The van der Waals surface area contributed by atoms with Crippen molar-refractivity contribution in [3.05, 3.63) is 27.8 Å². The third-order valence-corrected chi connectivity index (χ3v) is 6.96. The minimum absolute atomic E-state index is 0.200. The van der Waals surface area contributed by atoms with E-state index < -0.39 is 5.54 Å². The molecule has 4 rings (SSSR count). The van der Waals surface area contributed by atoms with Crippen LogP contribution in [0.5, 0.6) is 0 Å². The molecule has 0 aliphatic carbocycles. The van der Waals surface area contributed by atoms with Crippen molar-refractivity contribution in [3.8, 4) is 0 Å². The van der Waals surface area contributed by atoms with Gasteiger partial charge in [-0.05, 0) is 20.3 Å². The summed E-state index contributed by atoms with van der Waals surface area (Å²) < 4.78 is 7.55. The van der Waals surface area contributed by atoms with Gasteiger partial charge in [0.2, 0.25) is 0 Å². The molecular weight excluding hydrogens is 384 g/mol. The quantitative estimate of drug-likeness (QED) is 0.808. The molecule has 2 aliphatic heterocycles. The molecule has 0 aromatic carbocycles. The summed E-state index contributed by atoms with van der Waals surface area (Å²) in [4.78, 5) is 22.0. The van der Waals surface area contributed by atoms with Crippen molar-refractivity contribution in [1.29, 1.82) is 0 Å². The van der Waals surface area contributed by atoms with Crippen LogP contribution in [0.4, 0.5) is 5.82 Å². The normalized spacial score (nSPS) is 27.7. The number of thiazole rings is 1. The summed E-state index contributed by atoms with van der Waals surface area (Å²) in [6.07, 6.45) is 2.82. The lowest BCUT2D eigenvalue weighted by atomic mass is 9.80. The Hall–Kier alpha value is -1.91. The standard InChI is InChI=1S/C17H22N6O2S2/c1-9-4-11-6-27-16(18)21-17(11,8-25-9)15-20-13(7-26-15)19-14(24)12-5-23(3)22-10(12)2/h5,7,9,11H,4,6,8H2,1-3H3,(H2,18,21)(H,19,24). The first-order valence-corrected chi connectivity index (χ1v) is 10.6. The van der Waals surface area contributed by atoms with Crippen molar-refractivity contribution in [1.82, 2.24) is 14.8 Å². The van der Waals surface area contributed by atoms with Gasteiger partial charge in [-0.25, -0.2) is 9.98 Å². The maximum atomic E-state index is 12.5. The second kappa shape index (κ2) is 6.92. The van der Waals surface area contributed by atoms with Crippen molar-refractivity contribution >= 4 is 40.0 Å². The molecule has 144 valence electrons. The number of hydrogen-bond acceptors (Lipinski definition) is 8. The van der Waals surface area contributed by atoms with E-state index >= 15 is 0 Å². The molecule has 0 radical (unpaired) electrons. The molecule has 10 heteroatoms. The van der Waals surface area contributed by atoms with E-state index in [1.165, 1.54) is 11.3 Å². The Morgan fingerprint density at radius 1 is 1.52 bits per heavy atom. The van der Waals surface area contributed by atoms with Gasteiger partial charge in [-0.15, -0.1) is 11.3 Å². The highest BCUT2D eigenvalue weighted by atomic mass is 32.2. The van der Waals surface area contributed by atoms with E-state index in [9.17, 15) is 4.79 Å². The van der Waals surface area contributed by atoms with Gasteiger partial charge in [0.1, 0.15) is 16.4 Å². The number of rotatable bonds is 3. The number of ether oxygens (including phenoxy) is 1. The number of aromatic nitrogens is 3. The van der Waals surface area contributed by atoms with Gasteiger partial charge in [-0.2, -0.15) is 5.10 Å². The van der Waals surface area contributed by atoms with E-state index in [4.69, 9.17) is 15.5 Å². The number of aliphatic imine (C=N–C) groups is 1. The van der Waals surface area contributed by atoms with Crippen molar-refractivity contribution in [2.24, 2.45) is 23.7 Å². The van der Waals surface area contributed by atoms with Gasteiger partial charge in [0.05, 0.1) is 24.0 Å². The third kappa shape index (κ3) is 3.37. The monoisotopic (exact) mass is 406 g/mol. The van der Waals surface area contributed by atoms with Crippen LogP contribution in [-0.2, 0) is 17.3 Å². The number of nitrogens with two attached hydrogens (primary N) is 1. The van der Waals surface area contributed by atoms with Gasteiger partial charge in [-0.3, -0.25) is 9.48 Å². The third-order valence-electron chi connectivity index (χ3n) is 5.00. The highest BCUT2D eigenvalue weighted by Crippen LogP contribution is 2.47. The zero-order valence-corrected chi connectivity index (χ0v) is 17.1. The Morgan fingerprint density at radius 2 is 2.33 bits per heavy atom. The van der Waals surface area contributed by atoms with Gasteiger partial charge < -0.3 is 15.8 Å². The number of fused-ring (bicyclic) bond motifs is 1. The number of nitrogens with one attached hydrogen (secondary N) is 1. The molecule has 0 bridgehead atoms. The number of amidine groups is 1. The summed E-state index contributed by atoms with van der Waals surface area (Å²) in [5.74, 6) is 1.51. The molecule has 2 aromatic heterocycles. The van der Waals surface area contributed by atoms with Gasteiger partial charge in [-0.1, -0.05) is 11.8 Å². The first-order chi connectivity index (χ1) is 12.9. The molecule has 27 heavy (non-hydrogen) atoms. The van der Waals surface area contributed by atoms with E-state index in [0.29, 0.717) is 34.8 Å². The Kier molecular flexibility index (Phi) is 4.73. The largest absolute Gasteiger partial charge is 0.379 e. The molecular formula is C17H22N6O2S2. The minimum Gasteiger partial charge on any atom is -0.379 e. The predicted molar refractivity (Wildman–Crippen MR) is 107 cm³/mol. The molecule has 0 spiro atoms. The number of nitrogens with zero attached hydrogens (tertiary/aromatic N) is 4. The molecule has 3 N–H and O–H groups in total. The number of anilines is 1. The van der Waals surface area contributed by atoms with Crippen LogP contribution in [-0.4, -0.2) is 44.3 Å². The molecule has 0 saturated carbocycles. The highest BCUT2D eigenvalue weighted by molar-refractivity contribution is 8.13. The van der Waals surface area contributed by atoms with Gasteiger partial charge >= 0.3 is 0 Å².